The van der Waals surface area contributed by atoms with E-state index in [2.05, 4.69) is 14.9 Å². The number of amides is 1. The molecule has 1 heterocycles. The van der Waals surface area contributed by atoms with Crippen LogP contribution in [-0.2, 0) is 28.1 Å². The lowest BCUT2D eigenvalue weighted by atomic mass is 9.98. The lowest BCUT2D eigenvalue weighted by Crippen LogP contribution is -2.36. The highest BCUT2D eigenvalue weighted by Gasteiger charge is 2.31. The van der Waals surface area contributed by atoms with Gasteiger partial charge in [-0.05, 0) is 37.0 Å². The van der Waals surface area contributed by atoms with Crippen LogP contribution in [0.5, 0.6) is 0 Å². The van der Waals surface area contributed by atoms with E-state index in [0.717, 1.165) is 17.5 Å². The van der Waals surface area contributed by atoms with Gasteiger partial charge in [0.25, 0.3) is 5.09 Å². The molecule has 0 saturated carbocycles. The van der Waals surface area contributed by atoms with Crippen molar-refractivity contribution in [2.75, 3.05) is 13.2 Å². The number of carboxylic acids is 1. The zero-order valence-corrected chi connectivity index (χ0v) is 24.1. The maximum Gasteiger partial charge on any atom is 0.445 e. The Morgan fingerprint density at radius 3 is 2.44 bits per heavy atom. The largest absolute Gasteiger partial charge is 0.477 e. The summed E-state index contributed by atoms with van der Waals surface area (Å²) in [5.41, 5.74) is 7.57. The van der Waals surface area contributed by atoms with Gasteiger partial charge < -0.3 is 30.1 Å². The maximum absolute atomic E-state index is 12.2. The van der Waals surface area contributed by atoms with Crippen LogP contribution in [0.3, 0.4) is 0 Å². The number of hydrazine groups is 1. The molecule has 0 radical (unpaired) electrons. The number of imidazole rings is 1. The summed E-state index contributed by atoms with van der Waals surface area (Å²) in [5, 5.41) is 34.1. The fourth-order valence-electron chi connectivity index (χ4n) is 4.29. The fraction of sp³-hybridized carbons (Fsp3) is 0.357. The van der Waals surface area contributed by atoms with E-state index in [1.165, 1.54) is 13.8 Å². The number of aryl methyl sites for hydroxylation is 1. The zero-order chi connectivity index (χ0) is 31.7. The maximum atomic E-state index is 12.2. The molecule has 230 valence electrons. The number of nitrogens with zero attached hydrogens (tertiary/aromatic N) is 5. The number of rotatable bonds is 14. The van der Waals surface area contributed by atoms with E-state index in [-0.39, 0.29) is 43.4 Å². The van der Waals surface area contributed by atoms with Gasteiger partial charge in [-0.1, -0.05) is 55.5 Å². The first kappa shape index (κ1) is 32.5. The number of carbonyl (C=O) groups excluding carboxylic acids is 1. The predicted molar refractivity (Wildman–Crippen MR) is 155 cm³/mol. The summed E-state index contributed by atoms with van der Waals surface area (Å²) in [6, 6.07) is 14.4. The number of hydrogen-bond donors (Lipinski definition) is 4. The highest BCUT2D eigenvalue weighted by Crippen LogP contribution is 2.28. The third kappa shape index (κ3) is 8.50. The second-order valence-electron chi connectivity index (χ2n) is 10.0. The molecule has 2 aromatic carbocycles. The SMILES string of the molecule is CCCc1nc(C(C)(C)O)c(C(=O)O)n1Cc1ccc(-c2ccccc2/C(N)=N/N(N)C(=O)OCCCO[N+](=O)[O-])cc1. The molecule has 15 nitrogen and oxygen atoms in total. The molecule has 1 aromatic heterocycles. The Bertz CT molecular complexity index is 1480. The lowest BCUT2D eigenvalue weighted by molar-refractivity contribution is -0.757. The second-order valence-corrected chi connectivity index (χ2v) is 10.0. The summed E-state index contributed by atoms with van der Waals surface area (Å²) >= 11 is 0. The number of hydrazone groups is 1. The number of carboxylic acid groups (broad SMARTS) is 1. The average molecular weight is 598 g/mol. The van der Waals surface area contributed by atoms with Gasteiger partial charge in [-0.2, -0.15) is 0 Å². The van der Waals surface area contributed by atoms with E-state index in [1.807, 2.05) is 37.3 Å². The van der Waals surface area contributed by atoms with Crippen LogP contribution in [-0.4, -0.2) is 61.1 Å². The van der Waals surface area contributed by atoms with Crippen molar-refractivity contribution >= 4 is 17.9 Å². The van der Waals surface area contributed by atoms with E-state index < -0.39 is 22.8 Å². The van der Waals surface area contributed by atoms with Gasteiger partial charge in [0.2, 0.25) is 0 Å². The van der Waals surface area contributed by atoms with Crippen LogP contribution in [0.2, 0.25) is 0 Å². The van der Waals surface area contributed by atoms with Crippen molar-refractivity contribution in [3.63, 3.8) is 0 Å². The van der Waals surface area contributed by atoms with Crippen LogP contribution >= 0.6 is 0 Å². The molecule has 0 atom stereocenters. The molecule has 0 spiro atoms. The summed E-state index contributed by atoms with van der Waals surface area (Å²) in [5.74, 6) is 5.02. The number of aliphatic hydroxyl groups is 1. The molecule has 0 fully saturated rings. The minimum Gasteiger partial charge on any atom is -0.477 e. The van der Waals surface area contributed by atoms with Crippen molar-refractivity contribution in [1.29, 1.82) is 0 Å². The Hall–Kier alpha value is -5.02. The normalized spacial score (nSPS) is 11.7. The van der Waals surface area contributed by atoms with Crippen LogP contribution in [0, 0.1) is 10.1 Å². The van der Waals surface area contributed by atoms with Gasteiger partial charge in [-0.25, -0.2) is 20.4 Å². The van der Waals surface area contributed by atoms with Crippen LogP contribution in [0.25, 0.3) is 11.1 Å². The first-order valence-electron chi connectivity index (χ1n) is 13.4. The van der Waals surface area contributed by atoms with Crippen LogP contribution < -0.4 is 11.6 Å². The smallest absolute Gasteiger partial charge is 0.445 e. The fourth-order valence-corrected chi connectivity index (χ4v) is 4.29. The molecule has 15 heteroatoms. The standard InChI is InChI=1S/C28H35N7O8/c1-4-8-22-31-24(28(2,3)39)23(26(36)37)33(22)17-18-11-13-19(14-12-18)20-9-5-6-10-21(20)25(29)32-34(30)27(38)42-15-7-16-43-35(40)41/h5-6,9-14,39H,4,7-8,15-17,30H2,1-3H3,(H2,29,32)(H,36,37). The predicted octanol–water partition coefficient (Wildman–Crippen LogP) is 3.01. The van der Waals surface area contributed by atoms with Crippen LogP contribution in [0.4, 0.5) is 4.79 Å². The number of aromatic carboxylic acids is 1. The minimum atomic E-state index is -1.43. The van der Waals surface area contributed by atoms with E-state index in [1.54, 1.807) is 22.8 Å². The summed E-state index contributed by atoms with van der Waals surface area (Å²) in [7, 11) is 0. The first-order chi connectivity index (χ1) is 20.3. The van der Waals surface area contributed by atoms with E-state index in [9.17, 15) is 29.9 Å². The molecular formula is C28H35N7O8. The summed E-state index contributed by atoms with van der Waals surface area (Å²) in [6.07, 6.45) is 0.359. The third-order valence-corrected chi connectivity index (χ3v) is 6.22. The molecule has 3 rings (SSSR count). The van der Waals surface area contributed by atoms with Gasteiger partial charge in [0.1, 0.15) is 17.1 Å². The van der Waals surface area contributed by atoms with Gasteiger partial charge in [0, 0.05) is 24.9 Å². The molecule has 0 bridgehead atoms. The molecule has 1 amide bonds. The van der Waals surface area contributed by atoms with Crippen molar-refractivity contribution in [1.82, 2.24) is 14.7 Å². The molecule has 43 heavy (non-hydrogen) atoms. The number of ether oxygens (including phenoxy) is 1. The van der Waals surface area contributed by atoms with Gasteiger partial charge in [0.05, 0.1) is 13.2 Å². The van der Waals surface area contributed by atoms with Crippen molar-refractivity contribution in [3.05, 3.63) is 87.0 Å². The number of benzene rings is 2. The van der Waals surface area contributed by atoms with Crippen molar-refractivity contribution in [2.24, 2.45) is 16.7 Å². The summed E-state index contributed by atoms with van der Waals surface area (Å²) in [4.78, 5) is 43.1. The van der Waals surface area contributed by atoms with E-state index >= 15 is 0 Å². The van der Waals surface area contributed by atoms with Gasteiger partial charge >= 0.3 is 12.1 Å². The third-order valence-electron chi connectivity index (χ3n) is 6.22. The topological polar surface area (TPSA) is 222 Å². The summed E-state index contributed by atoms with van der Waals surface area (Å²) < 4.78 is 6.53. The Balaban J connectivity index is 1.82. The van der Waals surface area contributed by atoms with Crippen LogP contribution in [0.1, 0.15) is 66.7 Å². The Labute approximate surface area is 247 Å². The average Bonchev–Trinajstić information content (AvgIpc) is 3.31. The quantitative estimate of drug-likeness (QED) is 0.0402. The molecule has 0 saturated heterocycles. The molecule has 0 aliphatic heterocycles. The molecule has 0 aliphatic rings. The Kier molecular flexibility index (Phi) is 10.8. The Morgan fingerprint density at radius 1 is 1.16 bits per heavy atom. The minimum absolute atomic E-state index is 0.0517. The molecule has 3 aromatic rings. The second kappa shape index (κ2) is 14.2. The number of hydrogen-bond acceptors (Lipinski definition) is 10. The Morgan fingerprint density at radius 2 is 1.84 bits per heavy atom. The number of carbonyl (C=O) groups is 2. The molecule has 0 aliphatic carbocycles. The van der Waals surface area contributed by atoms with Crippen molar-refractivity contribution in [2.45, 2.75) is 52.2 Å². The van der Waals surface area contributed by atoms with Gasteiger partial charge in [-0.15, -0.1) is 20.3 Å². The van der Waals surface area contributed by atoms with Crippen molar-refractivity contribution in [3.8, 4) is 11.1 Å². The number of amidine groups is 1. The van der Waals surface area contributed by atoms with Crippen LogP contribution in [0.15, 0.2) is 53.6 Å². The molecule has 0 unspecified atom stereocenters. The number of nitrogens with two attached hydrogens (primary N) is 2. The van der Waals surface area contributed by atoms with Gasteiger partial charge in [-0.3, -0.25) is 0 Å². The van der Waals surface area contributed by atoms with Gasteiger partial charge in [0.15, 0.2) is 11.5 Å². The zero-order valence-electron chi connectivity index (χ0n) is 24.1. The highest BCUT2D eigenvalue weighted by atomic mass is 16.9. The molecular weight excluding hydrogens is 562 g/mol. The van der Waals surface area contributed by atoms with E-state index in [4.69, 9.17) is 16.3 Å². The van der Waals surface area contributed by atoms with Crippen molar-refractivity contribution < 1.29 is 34.5 Å². The first-order valence-corrected chi connectivity index (χ1v) is 13.4. The molecule has 6 N–H and O–H groups in total. The lowest BCUT2D eigenvalue weighted by Gasteiger charge is -2.16. The monoisotopic (exact) mass is 597 g/mol. The van der Waals surface area contributed by atoms with E-state index in [0.29, 0.717) is 28.5 Å². The highest BCUT2D eigenvalue weighted by molar-refractivity contribution is 6.03. The number of aromatic nitrogens is 2. The summed E-state index contributed by atoms with van der Waals surface area (Å²) in [6.45, 7) is 4.79.